The molecule has 2 fully saturated rings. The maximum absolute atomic E-state index is 14.6. The lowest BCUT2D eigenvalue weighted by molar-refractivity contribution is -0.144. The molecule has 2 aromatic carbocycles. The van der Waals surface area contributed by atoms with E-state index >= 15 is 0 Å². The Balaban J connectivity index is 1.63. The summed E-state index contributed by atoms with van der Waals surface area (Å²) in [4.78, 5) is 117. The molecule has 2 aliphatic heterocycles. The van der Waals surface area contributed by atoms with E-state index in [0.29, 0.717) is 43.4 Å². The fourth-order valence-electron chi connectivity index (χ4n) is 7.99. The molecule has 0 spiro atoms. The highest BCUT2D eigenvalue weighted by Gasteiger charge is 2.45. The number of hydrogen-bond donors (Lipinski definition) is 14. The Morgan fingerprint density at radius 2 is 1.07 bits per heavy atom. The second-order valence-corrected chi connectivity index (χ2v) is 18.3. The molecule has 2 saturated heterocycles. The van der Waals surface area contributed by atoms with Gasteiger partial charge in [-0.15, -0.1) is 0 Å². The van der Waals surface area contributed by atoms with Gasteiger partial charge in [-0.1, -0.05) is 30.7 Å². The number of rotatable bonds is 26. The fourth-order valence-corrected chi connectivity index (χ4v) is 8.33. The number of aliphatic hydroxyl groups is 2. The molecule has 0 saturated carbocycles. The number of carboxylic acid groups (broad SMARTS) is 1. The van der Waals surface area contributed by atoms with Gasteiger partial charge in [-0.25, -0.2) is 9.36 Å². The second kappa shape index (κ2) is 26.3. The lowest BCUT2D eigenvalue weighted by Crippen LogP contribution is -2.60. The lowest BCUT2D eigenvalue weighted by atomic mass is 10.0. The highest BCUT2D eigenvalue weighted by Crippen LogP contribution is 2.36. The van der Waals surface area contributed by atoms with Gasteiger partial charge in [0.25, 0.3) is 0 Å². The number of β-amino-alcohol motifs (C(OH)–C–C–N with tert-alkyl or cyclic N) is 2. The minimum absolute atomic E-state index is 0.0197. The topological polar surface area (TPSA) is 420 Å². The molecule has 382 valence electrons. The van der Waals surface area contributed by atoms with Crippen LogP contribution < -0.4 is 38.5 Å². The van der Waals surface area contributed by atoms with Crippen LogP contribution in [-0.2, 0) is 55.5 Å². The predicted octanol–water partition coefficient (Wildman–Crippen LogP) is -3.47. The molecule has 2 aliphatic rings. The quantitative estimate of drug-likeness (QED) is 0.0321. The van der Waals surface area contributed by atoms with Crippen molar-refractivity contribution in [3.63, 3.8) is 0 Å². The summed E-state index contributed by atoms with van der Waals surface area (Å²) in [6.07, 6.45) is -1.60. The molecule has 26 heteroatoms. The average molecular weight is 994 g/mol. The molecule has 2 aromatic rings. The zero-order valence-electron chi connectivity index (χ0n) is 37.8. The number of likely N-dealkylation sites (tertiary alicyclic amines) is 2. The van der Waals surface area contributed by atoms with Gasteiger partial charge < -0.3 is 83.6 Å². The van der Waals surface area contributed by atoms with Crippen molar-refractivity contribution < 1.29 is 78.0 Å². The van der Waals surface area contributed by atoms with Crippen molar-refractivity contribution in [2.45, 2.75) is 119 Å². The first kappa shape index (κ1) is 55.8. The number of aromatic hydroxyl groups is 2. The predicted molar refractivity (Wildman–Crippen MR) is 243 cm³/mol. The summed E-state index contributed by atoms with van der Waals surface area (Å²) >= 11 is 0. The summed E-state index contributed by atoms with van der Waals surface area (Å²) in [5.41, 5.74) is 18.0. The van der Waals surface area contributed by atoms with Crippen LogP contribution in [0.4, 0.5) is 0 Å². The van der Waals surface area contributed by atoms with Crippen molar-refractivity contribution in [3.8, 4) is 11.5 Å². The first-order chi connectivity index (χ1) is 32.6. The van der Waals surface area contributed by atoms with Gasteiger partial charge in [0, 0.05) is 38.8 Å². The number of aliphatic hydroxyl groups excluding tert-OH is 2. The van der Waals surface area contributed by atoms with Crippen LogP contribution in [0.3, 0.4) is 0 Å². The Labute approximate surface area is 397 Å². The Morgan fingerprint density at radius 3 is 1.55 bits per heavy atom. The van der Waals surface area contributed by atoms with Crippen molar-refractivity contribution in [2.75, 3.05) is 32.8 Å². The third-order valence-corrected chi connectivity index (χ3v) is 12.1. The molecular formula is C43H64N9O16P. The number of phosphoric ester groups is 1. The van der Waals surface area contributed by atoms with Crippen LogP contribution in [0, 0.1) is 0 Å². The number of aliphatic carboxylic acids is 1. The fraction of sp³-hybridized carbons (Fsp3) is 0.558. The Hall–Kier alpha value is -5.76. The molecule has 9 atom stereocenters. The number of nitrogens with two attached hydrogens (primary N) is 3. The van der Waals surface area contributed by atoms with Crippen LogP contribution in [0.1, 0.15) is 62.5 Å². The standard InChI is InChI=1S/C43H64N9O16P/c44-15-3-1-5-30(46)41(61)51-21-28(55)19-35(51)40(60)50-34(23-68-69(65,66)67)38(58)49-33(18-25-9-13-27(54)14-10-25)42(62)52-22-29(56)20-36(52)39(59)48-32(17-24-7-11-26(53)12-8-24)37(57)47-31(43(63)64)6-2-4-16-45/h7-14,28-36,53-56H,1-6,15-23,44-46H2,(H,47,57)(H,48,59)(H,49,58)(H,50,60)(H,63,64)(H2,65,66,67)/t28-,29-,30+,31+,32+,33+,34+,35+,36+/m1/s1. The van der Waals surface area contributed by atoms with Gasteiger partial charge in [0.2, 0.25) is 35.4 Å². The number of benzene rings is 2. The molecule has 25 nitrogen and oxygen atoms in total. The molecule has 17 N–H and O–H groups in total. The minimum Gasteiger partial charge on any atom is -0.508 e. The molecule has 0 unspecified atom stereocenters. The zero-order valence-corrected chi connectivity index (χ0v) is 38.7. The van der Waals surface area contributed by atoms with Gasteiger partial charge in [0.15, 0.2) is 0 Å². The van der Waals surface area contributed by atoms with E-state index in [9.17, 15) is 73.4 Å². The number of amides is 6. The van der Waals surface area contributed by atoms with Crippen molar-refractivity contribution in [3.05, 3.63) is 59.7 Å². The first-order valence-corrected chi connectivity index (χ1v) is 24.0. The van der Waals surface area contributed by atoms with E-state index in [2.05, 4.69) is 25.8 Å². The van der Waals surface area contributed by atoms with Gasteiger partial charge in [-0.3, -0.25) is 33.3 Å². The number of nitrogens with one attached hydrogen (secondary N) is 4. The average Bonchev–Trinajstić information content (AvgIpc) is 3.89. The minimum atomic E-state index is -5.32. The smallest absolute Gasteiger partial charge is 0.469 e. The molecule has 6 amide bonds. The van der Waals surface area contributed by atoms with E-state index in [4.69, 9.17) is 17.2 Å². The van der Waals surface area contributed by atoms with Crippen LogP contribution in [0.25, 0.3) is 0 Å². The van der Waals surface area contributed by atoms with Gasteiger partial charge in [0.05, 0.1) is 24.9 Å². The van der Waals surface area contributed by atoms with Crippen LogP contribution in [0.5, 0.6) is 11.5 Å². The number of unbranched alkanes of at least 4 members (excludes halogenated alkanes) is 2. The molecule has 69 heavy (non-hydrogen) atoms. The van der Waals surface area contributed by atoms with E-state index in [1.807, 2.05) is 0 Å². The number of phenols is 2. The van der Waals surface area contributed by atoms with E-state index in [1.165, 1.54) is 48.5 Å². The maximum Gasteiger partial charge on any atom is 0.469 e. The van der Waals surface area contributed by atoms with E-state index in [1.54, 1.807) is 0 Å². The largest absolute Gasteiger partial charge is 0.508 e. The van der Waals surface area contributed by atoms with Gasteiger partial charge in [-0.2, -0.15) is 0 Å². The summed E-state index contributed by atoms with van der Waals surface area (Å²) in [6.45, 7) is -1.30. The van der Waals surface area contributed by atoms with Crippen LogP contribution in [-0.4, -0.2) is 174 Å². The van der Waals surface area contributed by atoms with Crippen molar-refractivity contribution in [2.24, 2.45) is 17.2 Å². The SMILES string of the molecule is NCCCC[C@H](NC(=O)[C@H](Cc1ccc(O)cc1)NC(=O)[C@@H]1C[C@@H](O)CN1C(=O)[C@H](Cc1ccc(O)cc1)NC(=O)[C@H](COP(=O)(O)O)NC(=O)[C@@H]1C[C@@H](O)CN1C(=O)[C@@H](N)CCCCN)C(=O)O. The van der Waals surface area contributed by atoms with Crippen molar-refractivity contribution in [1.82, 2.24) is 31.1 Å². The second-order valence-electron chi connectivity index (χ2n) is 17.1. The molecule has 0 bridgehead atoms. The van der Waals surface area contributed by atoms with Gasteiger partial charge in [0.1, 0.15) is 47.8 Å². The molecule has 0 aromatic heterocycles. The normalized spacial score (nSPS) is 20.3. The van der Waals surface area contributed by atoms with Crippen LogP contribution in [0.2, 0.25) is 0 Å². The molecule has 0 aliphatic carbocycles. The molecular weight excluding hydrogens is 929 g/mol. The lowest BCUT2D eigenvalue weighted by Gasteiger charge is -2.31. The highest BCUT2D eigenvalue weighted by molar-refractivity contribution is 7.46. The summed E-state index contributed by atoms with van der Waals surface area (Å²) in [7, 11) is -5.32. The maximum atomic E-state index is 14.6. The summed E-state index contributed by atoms with van der Waals surface area (Å²) in [5.74, 6) is -7.40. The number of carboxylic acids is 1. The van der Waals surface area contributed by atoms with Crippen LogP contribution in [0.15, 0.2) is 48.5 Å². The first-order valence-electron chi connectivity index (χ1n) is 22.4. The monoisotopic (exact) mass is 993 g/mol. The summed E-state index contributed by atoms with van der Waals surface area (Å²) < 4.78 is 16.5. The third-order valence-electron chi connectivity index (χ3n) is 11.6. The number of phosphoric acid groups is 1. The van der Waals surface area contributed by atoms with Crippen LogP contribution >= 0.6 is 7.82 Å². The zero-order chi connectivity index (χ0) is 51.0. The van der Waals surface area contributed by atoms with Gasteiger partial charge >= 0.3 is 13.8 Å². The highest BCUT2D eigenvalue weighted by atomic mass is 31.2. The summed E-state index contributed by atoms with van der Waals surface area (Å²) in [6, 6.07) is 0.555. The molecule has 4 rings (SSSR count). The number of carbonyl (C=O) groups excluding carboxylic acids is 6. The Morgan fingerprint density at radius 1 is 0.638 bits per heavy atom. The van der Waals surface area contributed by atoms with Gasteiger partial charge in [-0.05, 0) is 80.6 Å². The molecule has 0 radical (unpaired) electrons. The van der Waals surface area contributed by atoms with E-state index in [0.717, 1.165) is 9.80 Å². The van der Waals surface area contributed by atoms with Crippen molar-refractivity contribution >= 4 is 49.2 Å². The Kier molecular flexibility index (Phi) is 21.3. The Bertz CT molecular complexity index is 2130. The van der Waals surface area contributed by atoms with Crippen molar-refractivity contribution in [1.29, 1.82) is 0 Å². The number of phenolic OH excluding ortho intramolecular Hbond substituents is 2. The van der Waals surface area contributed by atoms with E-state index < -0.39 is 117 Å². The third kappa shape index (κ3) is 17.3. The number of hydrogen-bond acceptors (Lipinski definition) is 16. The summed E-state index contributed by atoms with van der Waals surface area (Å²) in [5, 5.41) is 60.7. The number of carbonyl (C=O) groups is 7. The molecule has 2 heterocycles. The number of nitrogens with zero attached hydrogens (tertiary/aromatic N) is 2. The van der Waals surface area contributed by atoms with E-state index in [-0.39, 0.29) is 63.1 Å².